The molecule has 2 heterocycles. The van der Waals surface area contributed by atoms with Gasteiger partial charge in [-0.15, -0.1) is 0 Å². The number of hydrogen-bond donors (Lipinski definition) is 1. The van der Waals surface area contributed by atoms with Gasteiger partial charge in [0.2, 0.25) is 0 Å². The minimum Gasteiger partial charge on any atom is -0.385 e. The highest BCUT2D eigenvalue weighted by Crippen LogP contribution is 2.37. The van der Waals surface area contributed by atoms with E-state index < -0.39 is 0 Å². The van der Waals surface area contributed by atoms with Gasteiger partial charge in [0.15, 0.2) is 0 Å². The fraction of sp³-hybridized carbons (Fsp3) is 0.625. The molecule has 1 aliphatic heterocycles. The Hall–Kier alpha value is -1.58. The van der Waals surface area contributed by atoms with Gasteiger partial charge >= 0.3 is 0 Å². The first-order valence-corrected chi connectivity index (χ1v) is 7.80. The predicted molar refractivity (Wildman–Crippen MR) is 79.8 cm³/mol. The number of likely N-dealkylation sites (tertiary alicyclic amines) is 1. The maximum absolute atomic E-state index is 12.8. The van der Waals surface area contributed by atoms with Gasteiger partial charge in [0.05, 0.1) is 11.3 Å². The second kappa shape index (κ2) is 5.81. The van der Waals surface area contributed by atoms with Crippen molar-refractivity contribution in [3.05, 3.63) is 24.0 Å². The summed E-state index contributed by atoms with van der Waals surface area (Å²) < 4.78 is 0. The molecule has 1 aromatic heterocycles. The van der Waals surface area contributed by atoms with Crippen molar-refractivity contribution in [1.29, 1.82) is 0 Å². The zero-order chi connectivity index (χ0) is 13.9. The van der Waals surface area contributed by atoms with Crippen LogP contribution in [0.5, 0.6) is 0 Å². The SMILES string of the molecule is CCNc1ccncc1C(=O)N1CCC2CCCCC21. The van der Waals surface area contributed by atoms with Gasteiger partial charge in [0.25, 0.3) is 5.91 Å². The second-order valence-electron chi connectivity index (χ2n) is 5.85. The standard InChI is InChI=1S/C16H23N3O/c1-2-18-14-7-9-17-11-13(14)16(20)19-10-8-12-5-3-4-6-15(12)19/h7,9,11-12,15H,2-6,8,10H2,1H3,(H,17,18). The second-order valence-corrected chi connectivity index (χ2v) is 5.85. The molecular weight excluding hydrogens is 250 g/mol. The molecule has 20 heavy (non-hydrogen) atoms. The van der Waals surface area contributed by atoms with E-state index in [1.54, 1.807) is 12.4 Å². The molecule has 2 aliphatic rings. The summed E-state index contributed by atoms with van der Waals surface area (Å²) in [4.78, 5) is 19.1. The molecule has 0 bridgehead atoms. The van der Waals surface area contributed by atoms with Crippen molar-refractivity contribution < 1.29 is 4.79 Å². The monoisotopic (exact) mass is 273 g/mol. The number of hydrogen-bond acceptors (Lipinski definition) is 3. The van der Waals surface area contributed by atoms with Crippen LogP contribution in [0.2, 0.25) is 0 Å². The molecule has 1 amide bonds. The maximum Gasteiger partial charge on any atom is 0.257 e. The number of nitrogens with one attached hydrogen (secondary N) is 1. The van der Waals surface area contributed by atoms with E-state index in [1.807, 2.05) is 13.0 Å². The molecule has 0 aromatic carbocycles. The Labute approximate surface area is 120 Å². The van der Waals surface area contributed by atoms with Crippen molar-refractivity contribution in [1.82, 2.24) is 9.88 Å². The number of aromatic nitrogens is 1. The van der Waals surface area contributed by atoms with Crippen LogP contribution in [0, 0.1) is 5.92 Å². The van der Waals surface area contributed by atoms with Crippen LogP contribution in [0.4, 0.5) is 5.69 Å². The largest absolute Gasteiger partial charge is 0.385 e. The van der Waals surface area contributed by atoms with Crippen molar-refractivity contribution >= 4 is 11.6 Å². The number of nitrogens with zero attached hydrogens (tertiary/aromatic N) is 2. The molecule has 1 aliphatic carbocycles. The Balaban J connectivity index is 1.82. The van der Waals surface area contributed by atoms with Crippen LogP contribution in [-0.4, -0.2) is 34.9 Å². The zero-order valence-corrected chi connectivity index (χ0v) is 12.1. The predicted octanol–water partition coefficient (Wildman–Crippen LogP) is 2.92. The number of carbonyl (C=O) groups is 1. The van der Waals surface area contributed by atoms with Crippen LogP contribution in [0.1, 0.15) is 49.4 Å². The Kier molecular flexibility index (Phi) is 3.90. The highest BCUT2D eigenvalue weighted by atomic mass is 16.2. The van der Waals surface area contributed by atoms with Crippen molar-refractivity contribution in [3.8, 4) is 0 Å². The van der Waals surface area contributed by atoms with Gasteiger partial charge < -0.3 is 10.2 Å². The van der Waals surface area contributed by atoms with Crippen LogP contribution in [0.3, 0.4) is 0 Å². The zero-order valence-electron chi connectivity index (χ0n) is 12.1. The van der Waals surface area contributed by atoms with E-state index in [2.05, 4.69) is 15.2 Å². The van der Waals surface area contributed by atoms with Crippen LogP contribution in [0.15, 0.2) is 18.5 Å². The molecule has 0 radical (unpaired) electrons. The molecule has 0 spiro atoms. The van der Waals surface area contributed by atoms with Crippen LogP contribution >= 0.6 is 0 Å². The summed E-state index contributed by atoms with van der Waals surface area (Å²) in [7, 11) is 0. The van der Waals surface area contributed by atoms with Crippen LogP contribution in [-0.2, 0) is 0 Å². The first-order chi connectivity index (χ1) is 9.81. The normalized spacial score (nSPS) is 25.4. The Morgan fingerprint density at radius 3 is 3.10 bits per heavy atom. The molecule has 2 fully saturated rings. The smallest absolute Gasteiger partial charge is 0.257 e. The summed E-state index contributed by atoms with van der Waals surface area (Å²) in [5, 5.41) is 3.27. The summed E-state index contributed by atoms with van der Waals surface area (Å²) >= 11 is 0. The molecular formula is C16H23N3O. The van der Waals surface area contributed by atoms with Gasteiger partial charge in [-0.05, 0) is 38.2 Å². The van der Waals surface area contributed by atoms with Gasteiger partial charge in [-0.25, -0.2) is 0 Å². The third kappa shape index (κ3) is 2.39. The molecule has 1 N–H and O–H groups in total. The number of carbonyl (C=O) groups excluding carboxylic acids is 1. The average molecular weight is 273 g/mol. The summed E-state index contributed by atoms with van der Waals surface area (Å²) in [5.74, 6) is 0.885. The lowest BCUT2D eigenvalue weighted by atomic mass is 9.85. The number of anilines is 1. The molecule has 4 nitrogen and oxygen atoms in total. The van der Waals surface area contributed by atoms with E-state index in [9.17, 15) is 4.79 Å². The fourth-order valence-electron chi connectivity index (χ4n) is 3.72. The third-order valence-corrected chi connectivity index (χ3v) is 4.69. The summed E-state index contributed by atoms with van der Waals surface area (Å²) in [5.41, 5.74) is 1.63. The molecule has 108 valence electrons. The number of pyridine rings is 1. The first kappa shape index (κ1) is 13.4. The molecule has 1 aromatic rings. The maximum atomic E-state index is 12.8. The van der Waals surface area contributed by atoms with Gasteiger partial charge in [0, 0.05) is 31.5 Å². The number of rotatable bonds is 3. The average Bonchev–Trinajstić information content (AvgIpc) is 2.91. The molecule has 2 unspecified atom stereocenters. The van der Waals surface area contributed by atoms with E-state index >= 15 is 0 Å². The summed E-state index contributed by atoms with van der Waals surface area (Å²) in [6.45, 7) is 3.77. The fourth-order valence-corrected chi connectivity index (χ4v) is 3.72. The minimum atomic E-state index is 0.156. The summed E-state index contributed by atoms with van der Waals surface area (Å²) in [6, 6.07) is 2.36. The van der Waals surface area contributed by atoms with Crippen molar-refractivity contribution in [2.24, 2.45) is 5.92 Å². The lowest BCUT2D eigenvalue weighted by Crippen LogP contribution is -2.39. The van der Waals surface area contributed by atoms with E-state index in [0.29, 0.717) is 6.04 Å². The number of amides is 1. The topological polar surface area (TPSA) is 45.2 Å². The van der Waals surface area contributed by atoms with Crippen molar-refractivity contribution in [2.45, 2.75) is 45.1 Å². The van der Waals surface area contributed by atoms with Crippen LogP contribution in [0.25, 0.3) is 0 Å². The Bertz CT molecular complexity index is 488. The van der Waals surface area contributed by atoms with E-state index in [1.165, 1.54) is 32.1 Å². The quantitative estimate of drug-likeness (QED) is 0.921. The Morgan fingerprint density at radius 2 is 2.25 bits per heavy atom. The lowest BCUT2D eigenvalue weighted by molar-refractivity contribution is 0.0690. The minimum absolute atomic E-state index is 0.156. The van der Waals surface area contributed by atoms with Crippen LogP contribution < -0.4 is 5.32 Å². The highest BCUT2D eigenvalue weighted by Gasteiger charge is 2.38. The van der Waals surface area contributed by atoms with Gasteiger partial charge in [0.1, 0.15) is 0 Å². The molecule has 1 saturated heterocycles. The van der Waals surface area contributed by atoms with Gasteiger partial charge in [-0.1, -0.05) is 12.8 Å². The van der Waals surface area contributed by atoms with Crippen molar-refractivity contribution in [3.63, 3.8) is 0 Å². The first-order valence-electron chi connectivity index (χ1n) is 7.80. The van der Waals surface area contributed by atoms with E-state index in [0.717, 1.165) is 30.3 Å². The van der Waals surface area contributed by atoms with E-state index in [4.69, 9.17) is 0 Å². The van der Waals surface area contributed by atoms with Gasteiger partial charge in [-0.2, -0.15) is 0 Å². The Morgan fingerprint density at radius 1 is 1.40 bits per heavy atom. The molecule has 4 heteroatoms. The number of fused-ring (bicyclic) bond motifs is 1. The highest BCUT2D eigenvalue weighted by molar-refractivity contribution is 5.99. The van der Waals surface area contributed by atoms with Gasteiger partial charge in [-0.3, -0.25) is 9.78 Å². The van der Waals surface area contributed by atoms with E-state index in [-0.39, 0.29) is 5.91 Å². The third-order valence-electron chi connectivity index (χ3n) is 4.69. The molecule has 3 rings (SSSR count). The molecule has 1 saturated carbocycles. The molecule has 2 atom stereocenters. The van der Waals surface area contributed by atoms with Crippen molar-refractivity contribution in [2.75, 3.05) is 18.4 Å². The lowest BCUT2D eigenvalue weighted by Gasteiger charge is -2.32. The summed E-state index contributed by atoms with van der Waals surface area (Å²) in [6.07, 6.45) is 9.68.